The van der Waals surface area contributed by atoms with Crippen molar-refractivity contribution in [2.75, 3.05) is 0 Å². The van der Waals surface area contributed by atoms with Gasteiger partial charge in [-0.05, 0) is 49.7 Å². The molecule has 28 heavy (non-hydrogen) atoms. The molecule has 0 radical (unpaired) electrons. The second-order valence-corrected chi connectivity index (χ2v) is 7.12. The number of nitrogens with zero attached hydrogens (tertiary/aromatic N) is 5. The first kappa shape index (κ1) is 16.7. The molecule has 3 heterocycles. The molecule has 0 atom stereocenters. The summed E-state index contributed by atoms with van der Waals surface area (Å²) >= 11 is 0. The predicted molar refractivity (Wildman–Crippen MR) is 111 cm³/mol. The SMILES string of the molecule is Cc1ccc2c(c1)nc(CCc1nc(C)c3ncccn13)n2-c1ccccc1. The van der Waals surface area contributed by atoms with Gasteiger partial charge in [-0.25, -0.2) is 15.0 Å². The molecule has 5 heteroatoms. The van der Waals surface area contributed by atoms with Gasteiger partial charge in [-0.15, -0.1) is 0 Å². The van der Waals surface area contributed by atoms with Crippen LogP contribution in [0, 0.1) is 13.8 Å². The minimum absolute atomic E-state index is 0.801. The average Bonchev–Trinajstić information content (AvgIpc) is 3.24. The van der Waals surface area contributed by atoms with E-state index in [0.717, 1.165) is 52.6 Å². The Balaban J connectivity index is 1.58. The van der Waals surface area contributed by atoms with E-state index in [0.29, 0.717) is 0 Å². The molecule has 5 nitrogen and oxygen atoms in total. The molecule has 0 saturated heterocycles. The summed E-state index contributed by atoms with van der Waals surface area (Å²) in [7, 11) is 0. The van der Waals surface area contributed by atoms with Crippen molar-refractivity contribution in [2.45, 2.75) is 26.7 Å². The first-order chi connectivity index (χ1) is 13.7. The van der Waals surface area contributed by atoms with Crippen molar-refractivity contribution < 1.29 is 0 Å². The molecule has 5 rings (SSSR count). The number of rotatable bonds is 4. The Morgan fingerprint density at radius 3 is 2.54 bits per heavy atom. The molecule has 0 bridgehead atoms. The highest BCUT2D eigenvalue weighted by atomic mass is 15.1. The van der Waals surface area contributed by atoms with E-state index in [-0.39, 0.29) is 0 Å². The summed E-state index contributed by atoms with van der Waals surface area (Å²) < 4.78 is 4.34. The van der Waals surface area contributed by atoms with Crippen molar-refractivity contribution in [1.29, 1.82) is 0 Å². The average molecular weight is 367 g/mol. The van der Waals surface area contributed by atoms with Gasteiger partial charge in [-0.3, -0.25) is 8.97 Å². The van der Waals surface area contributed by atoms with Crippen LogP contribution >= 0.6 is 0 Å². The van der Waals surface area contributed by atoms with Crippen molar-refractivity contribution in [3.8, 4) is 5.69 Å². The molecule has 0 aliphatic rings. The molecule has 5 aromatic rings. The zero-order valence-corrected chi connectivity index (χ0v) is 16.0. The second kappa shape index (κ2) is 6.60. The second-order valence-electron chi connectivity index (χ2n) is 7.12. The van der Waals surface area contributed by atoms with E-state index in [9.17, 15) is 0 Å². The predicted octanol–water partition coefficient (Wildman–Crippen LogP) is 4.47. The Bertz CT molecular complexity index is 1280. The van der Waals surface area contributed by atoms with Crippen LogP contribution in [0.15, 0.2) is 67.0 Å². The number of fused-ring (bicyclic) bond motifs is 2. The third-order valence-corrected chi connectivity index (χ3v) is 5.11. The fraction of sp³-hybridized carbons (Fsp3) is 0.174. The molecule has 3 aromatic heterocycles. The number of para-hydroxylation sites is 1. The summed E-state index contributed by atoms with van der Waals surface area (Å²) in [5.41, 5.74) is 6.40. The van der Waals surface area contributed by atoms with E-state index >= 15 is 0 Å². The molecule has 2 aromatic carbocycles. The first-order valence-corrected chi connectivity index (χ1v) is 9.52. The number of aryl methyl sites for hydroxylation is 4. The van der Waals surface area contributed by atoms with Crippen molar-refractivity contribution in [2.24, 2.45) is 0 Å². The van der Waals surface area contributed by atoms with E-state index in [1.807, 2.05) is 31.5 Å². The van der Waals surface area contributed by atoms with Gasteiger partial charge in [-0.2, -0.15) is 0 Å². The van der Waals surface area contributed by atoms with Gasteiger partial charge in [0, 0.05) is 30.9 Å². The standard InChI is InChI=1S/C23H21N5/c1-16-9-10-20-19(15-16)26-22(28(20)18-7-4-3-5-8-18)12-11-21-25-17(2)23-24-13-6-14-27(21)23/h3-10,13-15H,11-12H2,1-2H3. The Morgan fingerprint density at radius 2 is 1.68 bits per heavy atom. The lowest BCUT2D eigenvalue weighted by atomic mass is 10.2. The van der Waals surface area contributed by atoms with Crippen LogP contribution in [0.4, 0.5) is 0 Å². The van der Waals surface area contributed by atoms with E-state index in [2.05, 4.69) is 63.3 Å². The number of hydrogen-bond acceptors (Lipinski definition) is 3. The topological polar surface area (TPSA) is 48.0 Å². The van der Waals surface area contributed by atoms with Gasteiger partial charge in [0.15, 0.2) is 5.65 Å². The summed E-state index contributed by atoms with van der Waals surface area (Å²) in [5, 5.41) is 0. The zero-order valence-electron chi connectivity index (χ0n) is 16.0. The fourth-order valence-corrected chi connectivity index (χ4v) is 3.82. The van der Waals surface area contributed by atoms with Crippen LogP contribution in [0.2, 0.25) is 0 Å². The Labute approximate surface area is 163 Å². The first-order valence-electron chi connectivity index (χ1n) is 9.52. The minimum atomic E-state index is 0.801. The number of benzene rings is 2. The molecule has 0 amide bonds. The summed E-state index contributed by atoms with van der Waals surface area (Å²) in [4.78, 5) is 14.1. The van der Waals surface area contributed by atoms with Crippen LogP contribution in [0.1, 0.15) is 22.9 Å². The summed E-state index contributed by atoms with van der Waals surface area (Å²) in [6.45, 7) is 4.11. The van der Waals surface area contributed by atoms with Crippen LogP contribution in [-0.2, 0) is 12.8 Å². The summed E-state index contributed by atoms with van der Waals surface area (Å²) in [6.07, 6.45) is 5.44. The fourth-order valence-electron chi connectivity index (χ4n) is 3.82. The molecule has 0 spiro atoms. The normalized spacial score (nSPS) is 11.5. The van der Waals surface area contributed by atoms with E-state index in [1.165, 1.54) is 5.56 Å². The molecule has 0 unspecified atom stereocenters. The number of hydrogen-bond donors (Lipinski definition) is 0. The molecular weight excluding hydrogens is 346 g/mol. The van der Waals surface area contributed by atoms with Gasteiger partial charge in [0.1, 0.15) is 11.6 Å². The molecule has 0 N–H and O–H groups in total. The van der Waals surface area contributed by atoms with Crippen molar-refractivity contribution in [3.05, 3.63) is 89.9 Å². The van der Waals surface area contributed by atoms with Gasteiger partial charge >= 0.3 is 0 Å². The Kier molecular flexibility index (Phi) is 3.93. The maximum atomic E-state index is 4.96. The smallest absolute Gasteiger partial charge is 0.159 e. The van der Waals surface area contributed by atoms with E-state index in [4.69, 9.17) is 9.97 Å². The highest BCUT2D eigenvalue weighted by Gasteiger charge is 2.15. The van der Waals surface area contributed by atoms with Crippen molar-refractivity contribution in [3.63, 3.8) is 0 Å². The maximum absolute atomic E-state index is 4.96. The highest BCUT2D eigenvalue weighted by molar-refractivity contribution is 5.79. The third kappa shape index (κ3) is 2.76. The van der Waals surface area contributed by atoms with Crippen LogP contribution < -0.4 is 0 Å². The molecule has 0 aliphatic carbocycles. The van der Waals surface area contributed by atoms with E-state index < -0.39 is 0 Å². The lowest BCUT2D eigenvalue weighted by Gasteiger charge is -2.09. The molecular formula is C23H21N5. The lowest BCUT2D eigenvalue weighted by molar-refractivity contribution is 0.788. The summed E-state index contributed by atoms with van der Waals surface area (Å²) in [6, 6.07) is 18.8. The zero-order chi connectivity index (χ0) is 19.1. The van der Waals surface area contributed by atoms with Crippen LogP contribution in [0.25, 0.3) is 22.4 Å². The van der Waals surface area contributed by atoms with Crippen LogP contribution in [-0.4, -0.2) is 23.9 Å². The highest BCUT2D eigenvalue weighted by Crippen LogP contribution is 2.24. The quantitative estimate of drug-likeness (QED) is 0.471. The molecule has 0 aliphatic heterocycles. The Hall–Kier alpha value is -3.47. The van der Waals surface area contributed by atoms with Crippen molar-refractivity contribution >= 4 is 16.7 Å². The van der Waals surface area contributed by atoms with Gasteiger partial charge < -0.3 is 0 Å². The van der Waals surface area contributed by atoms with E-state index in [1.54, 1.807) is 0 Å². The van der Waals surface area contributed by atoms with Crippen LogP contribution in [0.5, 0.6) is 0 Å². The lowest BCUT2D eigenvalue weighted by Crippen LogP contribution is -2.05. The number of aromatic nitrogens is 5. The molecule has 138 valence electrons. The molecule has 0 fully saturated rings. The molecule has 0 saturated carbocycles. The van der Waals surface area contributed by atoms with Gasteiger partial charge in [0.25, 0.3) is 0 Å². The van der Waals surface area contributed by atoms with Gasteiger partial charge in [0.2, 0.25) is 0 Å². The van der Waals surface area contributed by atoms with Gasteiger partial charge in [-0.1, -0.05) is 24.3 Å². The van der Waals surface area contributed by atoms with Crippen LogP contribution in [0.3, 0.4) is 0 Å². The Morgan fingerprint density at radius 1 is 0.857 bits per heavy atom. The maximum Gasteiger partial charge on any atom is 0.159 e. The minimum Gasteiger partial charge on any atom is -0.296 e. The monoisotopic (exact) mass is 367 g/mol. The number of imidazole rings is 2. The third-order valence-electron chi connectivity index (χ3n) is 5.11. The summed E-state index contributed by atoms with van der Waals surface area (Å²) in [5.74, 6) is 2.06. The van der Waals surface area contributed by atoms with Crippen molar-refractivity contribution in [1.82, 2.24) is 23.9 Å². The largest absolute Gasteiger partial charge is 0.296 e. The van der Waals surface area contributed by atoms with Gasteiger partial charge in [0.05, 0.1) is 16.7 Å².